The summed E-state index contributed by atoms with van der Waals surface area (Å²) in [5, 5.41) is 2.97. The summed E-state index contributed by atoms with van der Waals surface area (Å²) in [5.74, 6) is 1.53. The summed E-state index contributed by atoms with van der Waals surface area (Å²) in [5.41, 5.74) is 1.01. The van der Waals surface area contributed by atoms with Crippen molar-refractivity contribution >= 4 is 5.91 Å². The molecule has 0 aliphatic heterocycles. The molecule has 0 aliphatic rings. The molecule has 0 atom stereocenters. The van der Waals surface area contributed by atoms with E-state index in [4.69, 9.17) is 4.42 Å². The number of aryl methyl sites for hydroxylation is 2. The Balaban J connectivity index is 1.28. The van der Waals surface area contributed by atoms with E-state index in [0.717, 1.165) is 37.1 Å². The molecule has 0 bridgehead atoms. The highest BCUT2D eigenvalue weighted by atomic mass is 16.4. The molecular formula is C20H24N4O2. The zero-order valence-corrected chi connectivity index (χ0v) is 14.8. The van der Waals surface area contributed by atoms with Crippen LogP contribution in [0.3, 0.4) is 0 Å². The molecule has 0 radical (unpaired) electrons. The number of rotatable bonds is 10. The SMILES string of the molecule is O=C(CCCc1ncc(-c2ccccc2)o1)NCCCCn1ccnc1. The van der Waals surface area contributed by atoms with Gasteiger partial charge in [0.05, 0.1) is 12.5 Å². The molecule has 136 valence electrons. The van der Waals surface area contributed by atoms with E-state index in [-0.39, 0.29) is 5.91 Å². The van der Waals surface area contributed by atoms with Crippen molar-refractivity contribution in [3.05, 3.63) is 61.1 Å². The summed E-state index contributed by atoms with van der Waals surface area (Å²) in [6, 6.07) is 9.89. The van der Waals surface area contributed by atoms with Gasteiger partial charge in [0.1, 0.15) is 0 Å². The highest BCUT2D eigenvalue weighted by Crippen LogP contribution is 2.20. The number of aromatic nitrogens is 3. The lowest BCUT2D eigenvalue weighted by Gasteiger charge is -2.05. The molecule has 3 rings (SSSR count). The Hall–Kier alpha value is -2.89. The Morgan fingerprint density at radius 3 is 2.85 bits per heavy atom. The molecule has 2 aromatic heterocycles. The molecule has 0 saturated heterocycles. The van der Waals surface area contributed by atoms with E-state index in [0.29, 0.717) is 25.3 Å². The minimum Gasteiger partial charge on any atom is -0.441 e. The van der Waals surface area contributed by atoms with Crippen LogP contribution in [0.25, 0.3) is 11.3 Å². The summed E-state index contributed by atoms with van der Waals surface area (Å²) in [6.07, 6.45) is 11.2. The number of carbonyl (C=O) groups excluding carboxylic acids is 1. The number of hydrogen-bond donors (Lipinski definition) is 1. The maximum Gasteiger partial charge on any atom is 0.220 e. The van der Waals surface area contributed by atoms with E-state index >= 15 is 0 Å². The van der Waals surface area contributed by atoms with E-state index in [9.17, 15) is 4.79 Å². The van der Waals surface area contributed by atoms with Gasteiger partial charge in [0.2, 0.25) is 5.91 Å². The zero-order valence-electron chi connectivity index (χ0n) is 14.8. The average Bonchev–Trinajstić information content (AvgIpc) is 3.34. The van der Waals surface area contributed by atoms with Crippen LogP contribution in [0.15, 0.2) is 59.7 Å². The van der Waals surface area contributed by atoms with Gasteiger partial charge < -0.3 is 14.3 Å². The van der Waals surface area contributed by atoms with Crippen molar-refractivity contribution in [3.63, 3.8) is 0 Å². The number of carbonyl (C=O) groups is 1. The summed E-state index contributed by atoms with van der Waals surface area (Å²) >= 11 is 0. The number of unbranched alkanes of at least 4 members (excludes halogenated alkanes) is 1. The van der Waals surface area contributed by atoms with E-state index in [1.807, 2.05) is 47.4 Å². The lowest BCUT2D eigenvalue weighted by Crippen LogP contribution is -2.24. The Labute approximate surface area is 153 Å². The third-order valence-corrected chi connectivity index (χ3v) is 4.13. The number of oxazole rings is 1. The summed E-state index contributed by atoms with van der Waals surface area (Å²) in [6.45, 7) is 1.65. The molecule has 0 fully saturated rings. The monoisotopic (exact) mass is 352 g/mol. The normalized spacial score (nSPS) is 10.8. The van der Waals surface area contributed by atoms with Crippen LogP contribution < -0.4 is 5.32 Å². The third kappa shape index (κ3) is 5.58. The molecule has 1 N–H and O–H groups in total. The van der Waals surface area contributed by atoms with Gasteiger partial charge in [-0.05, 0) is 19.3 Å². The first-order valence-corrected chi connectivity index (χ1v) is 9.04. The number of benzene rings is 1. The first-order chi connectivity index (χ1) is 12.8. The van der Waals surface area contributed by atoms with Crippen LogP contribution in [0.4, 0.5) is 0 Å². The molecule has 0 spiro atoms. The average molecular weight is 352 g/mol. The van der Waals surface area contributed by atoms with Crippen molar-refractivity contribution in [1.29, 1.82) is 0 Å². The largest absolute Gasteiger partial charge is 0.441 e. The number of imidazole rings is 1. The van der Waals surface area contributed by atoms with Crippen molar-refractivity contribution in [1.82, 2.24) is 19.9 Å². The highest BCUT2D eigenvalue weighted by molar-refractivity contribution is 5.75. The molecule has 1 amide bonds. The standard InChI is InChI=1S/C20H24N4O2/c25-19(22-11-4-5-13-24-14-12-21-16-24)9-6-10-20-23-15-18(26-20)17-7-2-1-3-8-17/h1-3,7-8,12,14-16H,4-6,9-11,13H2,(H,22,25). The number of amides is 1. The van der Waals surface area contributed by atoms with Crippen molar-refractivity contribution in [2.45, 2.75) is 38.6 Å². The van der Waals surface area contributed by atoms with E-state index in [1.54, 1.807) is 12.4 Å². The quantitative estimate of drug-likeness (QED) is 0.567. The summed E-state index contributed by atoms with van der Waals surface area (Å²) < 4.78 is 7.79. The molecule has 0 saturated carbocycles. The molecule has 0 unspecified atom stereocenters. The highest BCUT2D eigenvalue weighted by Gasteiger charge is 2.07. The van der Waals surface area contributed by atoms with Gasteiger partial charge in [-0.15, -0.1) is 0 Å². The van der Waals surface area contributed by atoms with Gasteiger partial charge in [-0.3, -0.25) is 4.79 Å². The Morgan fingerprint density at radius 1 is 1.15 bits per heavy atom. The second kappa shape index (κ2) is 9.56. The third-order valence-electron chi connectivity index (χ3n) is 4.13. The fourth-order valence-electron chi connectivity index (χ4n) is 2.72. The van der Waals surface area contributed by atoms with Crippen molar-refractivity contribution < 1.29 is 9.21 Å². The predicted molar refractivity (Wildman–Crippen MR) is 99.3 cm³/mol. The molecule has 1 aromatic carbocycles. The predicted octanol–water partition coefficient (Wildman–Crippen LogP) is 3.46. The summed E-state index contributed by atoms with van der Waals surface area (Å²) in [7, 11) is 0. The van der Waals surface area contributed by atoms with E-state index < -0.39 is 0 Å². The number of nitrogens with one attached hydrogen (secondary N) is 1. The van der Waals surface area contributed by atoms with E-state index in [2.05, 4.69) is 15.3 Å². The van der Waals surface area contributed by atoms with Crippen LogP contribution >= 0.6 is 0 Å². The fraction of sp³-hybridized carbons (Fsp3) is 0.350. The van der Waals surface area contributed by atoms with Gasteiger partial charge in [-0.1, -0.05) is 30.3 Å². The molecule has 2 heterocycles. The Kier molecular flexibility index (Phi) is 6.59. The minimum absolute atomic E-state index is 0.0856. The van der Waals surface area contributed by atoms with Gasteiger partial charge in [0, 0.05) is 43.9 Å². The van der Waals surface area contributed by atoms with E-state index in [1.165, 1.54) is 0 Å². The number of nitrogens with zero attached hydrogens (tertiary/aromatic N) is 3. The maximum absolute atomic E-state index is 11.9. The van der Waals surface area contributed by atoms with Crippen molar-refractivity contribution in [3.8, 4) is 11.3 Å². The van der Waals surface area contributed by atoms with Gasteiger partial charge in [-0.2, -0.15) is 0 Å². The van der Waals surface area contributed by atoms with Crippen LogP contribution in [0.1, 0.15) is 31.6 Å². The topological polar surface area (TPSA) is 73.0 Å². The first kappa shape index (κ1) is 17.9. The number of hydrogen-bond acceptors (Lipinski definition) is 4. The lowest BCUT2D eigenvalue weighted by atomic mass is 10.2. The molecule has 6 nitrogen and oxygen atoms in total. The fourth-order valence-corrected chi connectivity index (χ4v) is 2.72. The molecule has 26 heavy (non-hydrogen) atoms. The van der Waals surface area contributed by atoms with Crippen LogP contribution in [-0.4, -0.2) is 27.0 Å². The lowest BCUT2D eigenvalue weighted by molar-refractivity contribution is -0.121. The minimum atomic E-state index is 0.0856. The van der Waals surface area contributed by atoms with Gasteiger partial charge in [0.25, 0.3) is 0 Å². The molecule has 6 heteroatoms. The van der Waals surface area contributed by atoms with Gasteiger partial charge in [0.15, 0.2) is 11.7 Å². The van der Waals surface area contributed by atoms with Gasteiger partial charge >= 0.3 is 0 Å². The van der Waals surface area contributed by atoms with Crippen LogP contribution in [0, 0.1) is 0 Å². The zero-order chi connectivity index (χ0) is 18.0. The maximum atomic E-state index is 11.9. The van der Waals surface area contributed by atoms with Crippen LogP contribution in [0.5, 0.6) is 0 Å². The van der Waals surface area contributed by atoms with Crippen molar-refractivity contribution in [2.24, 2.45) is 0 Å². The van der Waals surface area contributed by atoms with Crippen molar-refractivity contribution in [2.75, 3.05) is 6.54 Å². The first-order valence-electron chi connectivity index (χ1n) is 9.04. The second-order valence-corrected chi connectivity index (χ2v) is 6.20. The molecule has 3 aromatic rings. The smallest absolute Gasteiger partial charge is 0.220 e. The summed E-state index contributed by atoms with van der Waals surface area (Å²) in [4.78, 5) is 20.2. The van der Waals surface area contributed by atoms with Crippen LogP contribution in [-0.2, 0) is 17.8 Å². The van der Waals surface area contributed by atoms with Gasteiger partial charge in [-0.25, -0.2) is 9.97 Å². The second-order valence-electron chi connectivity index (χ2n) is 6.20. The Morgan fingerprint density at radius 2 is 2.04 bits per heavy atom. The molecular weight excluding hydrogens is 328 g/mol. The Bertz CT molecular complexity index is 781. The molecule has 0 aliphatic carbocycles. The van der Waals surface area contributed by atoms with Crippen LogP contribution in [0.2, 0.25) is 0 Å².